The lowest BCUT2D eigenvalue weighted by molar-refractivity contribution is 0.176. The van der Waals surface area contributed by atoms with E-state index in [-0.39, 0.29) is 5.82 Å². The Labute approximate surface area is 151 Å². The van der Waals surface area contributed by atoms with Crippen LogP contribution in [-0.2, 0) is 6.54 Å². The number of piperidine rings is 1. The third kappa shape index (κ3) is 7.02. The molecule has 0 saturated carbocycles. The molecule has 1 aromatic rings. The monoisotopic (exact) mass is 348 g/mol. The third-order valence-electron chi connectivity index (χ3n) is 4.58. The topological polar surface area (TPSA) is 39.7 Å². The van der Waals surface area contributed by atoms with Crippen molar-refractivity contribution < 1.29 is 4.39 Å². The summed E-state index contributed by atoms with van der Waals surface area (Å²) < 4.78 is 13.8. The molecule has 0 amide bonds. The van der Waals surface area contributed by atoms with Gasteiger partial charge in [-0.25, -0.2) is 4.39 Å². The number of nitrogens with one attached hydrogen (secondary N) is 2. The van der Waals surface area contributed by atoms with Crippen LogP contribution < -0.4 is 10.6 Å². The Hall–Kier alpha value is -1.62. The molecule has 1 aliphatic heterocycles. The molecule has 1 heterocycles. The van der Waals surface area contributed by atoms with Gasteiger partial charge in [-0.1, -0.05) is 32.0 Å². The van der Waals surface area contributed by atoms with Gasteiger partial charge in [-0.05, 0) is 50.8 Å². The van der Waals surface area contributed by atoms with Crippen LogP contribution in [0.2, 0.25) is 0 Å². The molecule has 0 spiro atoms. The summed E-state index contributed by atoms with van der Waals surface area (Å²) in [7, 11) is 0. The Bertz CT molecular complexity index is 536. The highest BCUT2D eigenvalue weighted by Gasteiger charge is 2.20. The van der Waals surface area contributed by atoms with Gasteiger partial charge in [0.1, 0.15) is 5.82 Å². The van der Waals surface area contributed by atoms with E-state index in [0.29, 0.717) is 18.4 Å². The molecule has 1 saturated heterocycles. The van der Waals surface area contributed by atoms with Crippen molar-refractivity contribution in [3.8, 4) is 0 Å². The normalized spacial score (nSPS) is 17.1. The largest absolute Gasteiger partial charge is 0.357 e. The van der Waals surface area contributed by atoms with Crippen LogP contribution >= 0.6 is 0 Å². The van der Waals surface area contributed by atoms with Gasteiger partial charge >= 0.3 is 0 Å². The van der Waals surface area contributed by atoms with Crippen molar-refractivity contribution in [2.24, 2.45) is 16.8 Å². The molecular weight excluding hydrogens is 315 g/mol. The zero-order valence-electron chi connectivity index (χ0n) is 15.9. The van der Waals surface area contributed by atoms with Crippen LogP contribution in [0.1, 0.15) is 39.2 Å². The van der Waals surface area contributed by atoms with Crippen molar-refractivity contribution >= 4 is 5.96 Å². The minimum Gasteiger partial charge on any atom is -0.357 e. The van der Waals surface area contributed by atoms with Gasteiger partial charge in [-0.15, -0.1) is 0 Å². The van der Waals surface area contributed by atoms with E-state index in [9.17, 15) is 4.39 Å². The predicted molar refractivity (Wildman–Crippen MR) is 103 cm³/mol. The molecule has 0 aliphatic carbocycles. The van der Waals surface area contributed by atoms with E-state index < -0.39 is 0 Å². The first kappa shape index (κ1) is 19.7. The Morgan fingerprint density at radius 2 is 1.96 bits per heavy atom. The summed E-state index contributed by atoms with van der Waals surface area (Å²) in [4.78, 5) is 6.97. The smallest absolute Gasteiger partial charge is 0.191 e. The fraction of sp³-hybridized carbons (Fsp3) is 0.650. The molecule has 140 valence electrons. The number of halogens is 1. The minimum atomic E-state index is -0.0945. The van der Waals surface area contributed by atoms with Crippen LogP contribution in [-0.4, -0.2) is 43.6 Å². The minimum absolute atomic E-state index is 0.0945. The van der Waals surface area contributed by atoms with Crippen LogP contribution in [0.3, 0.4) is 0 Å². The van der Waals surface area contributed by atoms with Gasteiger partial charge in [0.15, 0.2) is 5.96 Å². The number of hydrogen-bond acceptors (Lipinski definition) is 2. The van der Waals surface area contributed by atoms with Crippen molar-refractivity contribution in [3.05, 3.63) is 35.6 Å². The van der Waals surface area contributed by atoms with Crippen LogP contribution in [0.4, 0.5) is 4.39 Å². The van der Waals surface area contributed by atoms with Crippen molar-refractivity contribution in [1.82, 2.24) is 15.5 Å². The average Bonchev–Trinajstić information content (AvgIpc) is 2.60. The molecule has 5 heteroatoms. The summed E-state index contributed by atoms with van der Waals surface area (Å²) in [6.45, 7) is 11.9. The van der Waals surface area contributed by atoms with E-state index in [4.69, 9.17) is 0 Å². The Kier molecular flexibility index (Phi) is 8.19. The quantitative estimate of drug-likeness (QED) is 0.587. The van der Waals surface area contributed by atoms with E-state index in [1.54, 1.807) is 12.1 Å². The fourth-order valence-corrected chi connectivity index (χ4v) is 3.07. The number of aliphatic imine (C=N–C) groups is 1. The molecule has 1 aromatic carbocycles. The van der Waals surface area contributed by atoms with Crippen molar-refractivity contribution in [2.75, 3.05) is 32.7 Å². The summed E-state index contributed by atoms with van der Waals surface area (Å²) in [5.41, 5.74) is 0.800. The predicted octanol–water partition coefficient (Wildman–Crippen LogP) is 3.25. The summed E-state index contributed by atoms with van der Waals surface area (Å²) >= 11 is 0. The fourth-order valence-electron chi connectivity index (χ4n) is 3.07. The average molecular weight is 349 g/mol. The molecule has 2 rings (SSSR count). The highest BCUT2D eigenvalue weighted by Crippen LogP contribution is 2.19. The van der Waals surface area contributed by atoms with E-state index in [1.807, 2.05) is 12.1 Å². The van der Waals surface area contributed by atoms with Crippen LogP contribution in [0.25, 0.3) is 0 Å². The Balaban J connectivity index is 1.74. The van der Waals surface area contributed by atoms with Gasteiger partial charge in [0.2, 0.25) is 0 Å². The molecule has 0 unspecified atom stereocenters. The number of rotatable bonds is 7. The standard InChI is InChI=1S/C20H33FN4/c1-4-22-20(23-13-16(2)3)24-14-17-9-11-25(12-10-17)15-18-7-5-6-8-19(18)21/h5-8,16-17H,4,9-15H2,1-3H3,(H2,22,23,24). The van der Waals surface area contributed by atoms with Crippen molar-refractivity contribution in [1.29, 1.82) is 0 Å². The van der Waals surface area contributed by atoms with Gasteiger partial charge in [0.25, 0.3) is 0 Å². The highest BCUT2D eigenvalue weighted by molar-refractivity contribution is 5.79. The number of hydrogen-bond donors (Lipinski definition) is 2. The summed E-state index contributed by atoms with van der Waals surface area (Å²) in [6.07, 6.45) is 2.29. The van der Waals surface area contributed by atoms with Crippen molar-refractivity contribution in [2.45, 2.75) is 40.2 Å². The molecule has 1 aliphatic rings. The first-order valence-electron chi connectivity index (χ1n) is 9.56. The third-order valence-corrected chi connectivity index (χ3v) is 4.58. The zero-order valence-corrected chi connectivity index (χ0v) is 15.9. The van der Waals surface area contributed by atoms with E-state index >= 15 is 0 Å². The first-order chi connectivity index (χ1) is 12.1. The lowest BCUT2D eigenvalue weighted by Crippen LogP contribution is -2.43. The Morgan fingerprint density at radius 1 is 1.24 bits per heavy atom. The van der Waals surface area contributed by atoms with Gasteiger partial charge in [-0.3, -0.25) is 9.89 Å². The van der Waals surface area contributed by atoms with Gasteiger partial charge in [-0.2, -0.15) is 0 Å². The molecule has 0 atom stereocenters. The SMILES string of the molecule is CCNC(=NCC(C)C)NCC1CCN(Cc2ccccc2F)CC1. The zero-order chi connectivity index (χ0) is 18.1. The van der Waals surface area contributed by atoms with Gasteiger partial charge in [0, 0.05) is 31.7 Å². The second kappa shape index (κ2) is 10.4. The summed E-state index contributed by atoms with van der Waals surface area (Å²) in [5, 5.41) is 6.79. The maximum atomic E-state index is 13.8. The molecule has 0 bridgehead atoms. The van der Waals surface area contributed by atoms with Gasteiger partial charge < -0.3 is 10.6 Å². The van der Waals surface area contributed by atoms with E-state index in [0.717, 1.165) is 57.1 Å². The van der Waals surface area contributed by atoms with E-state index in [2.05, 4.69) is 41.3 Å². The Morgan fingerprint density at radius 3 is 2.60 bits per heavy atom. The molecule has 25 heavy (non-hydrogen) atoms. The lowest BCUT2D eigenvalue weighted by Gasteiger charge is -2.32. The number of guanidine groups is 1. The number of benzene rings is 1. The summed E-state index contributed by atoms with van der Waals surface area (Å²) in [6, 6.07) is 7.09. The van der Waals surface area contributed by atoms with Crippen molar-refractivity contribution in [3.63, 3.8) is 0 Å². The second-order valence-electron chi connectivity index (χ2n) is 7.31. The molecule has 1 fully saturated rings. The number of likely N-dealkylation sites (tertiary alicyclic amines) is 1. The van der Waals surface area contributed by atoms with E-state index in [1.165, 1.54) is 0 Å². The maximum absolute atomic E-state index is 13.8. The highest BCUT2D eigenvalue weighted by atomic mass is 19.1. The molecule has 4 nitrogen and oxygen atoms in total. The molecular formula is C20H33FN4. The molecule has 0 aromatic heterocycles. The number of nitrogens with zero attached hydrogens (tertiary/aromatic N) is 2. The first-order valence-corrected chi connectivity index (χ1v) is 9.56. The van der Waals surface area contributed by atoms with Crippen LogP contribution in [0.15, 0.2) is 29.3 Å². The van der Waals surface area contributed by atoms with Crippen LogP contribution in [0, 0.1) is 17.7 Å². The maximum Gasteiger partial charge on any atom is 0.191 e. The van der Waals surface area contributed by atoms with Gasteiger partial charge in [0.05, 0.1) is 0 Å². The second-order valence-corrected chi connectivity index (χ2v) is 7.31. The van der Waals surface area contributed by atoms with Crippen LogP contribution in [0.5, 0.6) is 0 Å². The molecule has 2 N–H and O–H groups in total. The lowest BCUT2D eigenvalue weighted by atomic mass is 9.96. The molecule has 0 radical (unpaired) electrons. The summed E-state index contributed by atoms with van der Waals surface area (Å²) in [5.74, 6) is 2.05.